The van der Waals surface area contributed by atoms with Crippen LogP contribution in [0.25, 0.3) is 0 Å². The zero-order valence-electron chi connectivity index (χ0n) is 15.2. The number of rotatable bonds is 2. The van der Waals surface area contributed by atoms with Crippen LogP contribution in [0.5, 0.6) is 0 Å². The highest BCUT2D eigenvalue weighted by Crippen LogP contribution is 2.32. The average molecular weight is 344 g/mol. The van der Waals surface area contributed by atoms with Crippen LogP contribution in [0.1, 0.15) is 24.8 Å². The van der Waals surface area contributed by atoms with E-state index in [1.807, 2.05) is 36.0 Å². The summed E-state index contributed by atoms with van der Waals surface area (Å²) >= 11 is 0. The van der Waals surface area contributed by atoms with Crippen molar-refractivity contribution in [1.82, 2.24) is 15.1 Å². The first-order valence-electron chi connectivity index (χ1n) is 9.03. The van der Waals surface area contributed by atoms with Crippen LogP contribution < -0.4 is 10.6 Å². The second-order valence-electron chi connectivity index (χ2n) is 7.46. The highest BCUT2D eigenvalue weighted by molar-refractivity contribution is 5.80. The summed E-state index contributed by atoms with van der Waals surface area (Å²) in [7, 11) is 3.81. The SMILES string of the molecule is CN(C)CC(=O)N1CCC2(CC1)CC(=O)NCCc1ccccc1N2. The smallest absolute Gasteiger partial charge is 0.236 e. The quantitative estimate of drug-likeness (QED) is 0.843. The number of piperidine rings is 1. The molecule has 0 aliphatic carbocycles. The summed E-state index contributed by atoms with van der Waals surface area (Å²) in [6.07, 6.45) is 2.86. The van der Waals surface area contributed by atoms with Gasteiger partial charge in [0.2, 0.25) is 11.8 Å². The minimum atomic E-state index is -0.278. The Bertz CT molecular complexity index is 636. The lowest BCUT2D eigenvalue weighted by Gasteiger charge is -2.43. The summed E-state index contributed by atoms with van der Waals surface area (Å²) < 4.78 is 0. The number of amides is 2. The first-order valence-corrected chi connectivity index (χ1v) is 9.03. The van der Waals surface area contributed by atoms with Gasteiger partial charge in [-0.1, -0.05) is 18.2 Å². The highest BCUT2D eigenvalue weighted by atomic mass is 16.2. The molecule has 2 aliphatic heterocycles. The summed E-state index contributed by atoms with van der Waals surface area (Å²) in [5.41, 5.74) is 2.07. The Balaban J connectivity index is 1.75. The topological polar surface area (TPSA) is 64.7 Å². The summed E-state index contributed by atoms with van der Waals surface area (Å²) in [4.78, 5) is 28.5. The predicted octanol–water partition coefficient (Wildman–Crippen LogP) is 1.08. The van der Waals surface area contributed by atoms with Gasteiger partial charge in [-0.2, -0.15) is 0 Å². The molecule has 0 unspecified atom stereocenters. The molecule has 1 aromatic rings. The second kappa shape index (κ2) is 7.44. The van der Waals surface area contributed by atoms with Gasteiger partial charge in [-0.3, -0.25) is 9.59 Å². The van der Waals surface area contributed by atoms with Gasteiger partial charge in [0.1, 0.15) is 0 Å². The summed E-state index contributed by atoms with van der Waals surface area (Å²) in [6, 6.07) is 8.28. The fourth-order valence-corrected chi connectivity index (χ4v) is 3.75. The molecular weight excluding hydrogens is 316 g/mol. The summed E-state index contributed by atoms with van der Waals surface area (Å²) in [5.74, 6) is 0.251. The van der Waals surface area contributed by atoms with Crippen LogP contribution in [0, 0.1) is 0 Å². The molecule has 3 rings (SSSR count). The van der Waals surface area contributed by atoms with Crippen molar-refractivity contribution in [3.8, 4) is 0 Å². The molecule has 1 spiro atoms. The molecule has 6 heteroatoms. The fraction of sp³-hybridized carbons (Fsp3) is 0.579. The molecule has 6 nitrogen and oxygen atoms in total. The number of likely N-dealkylation sites (N-methyl/N-ethyl adjacent to an activating group) is 1. The number of nitrogens with zero attached hydrogens (tertiary/aromatic N) is 2. The Kier molecular flexibility index (Phi) is 5.27. The Morgan fingerprint density at radius 3 is 2.68 bits per heavy atom. The maximum atomic E-state index is 12.3. The van der Waals surface area contributed by atoms with Gasteiger partial charge >= 0.3 is 0 Å². The summed E-state index contributed by atoms with van der Waals surface area (Å²) in [6.45, 7) is 2.48. The van der Waals surface area contributed by atoms with Gasteiger partial charge < -0.3 is 20.4 Å². The number of fused-ring (bicyclic) bond motifs is 1. The molecule has 1 saturated heterocycles. The number of hydrogen-bond acceptors (Lipinski definition) is 4. The van der Waals surface area contributed by atoms with Gasteiger partial charge in [0.15, 0.2) is 0 Å². The van der Waals surface area contributed by atoms with Crippen LogP contribution in [-0.4, -0.2) is 67.4 Å². The monoisotopic (exact) mass is 344 g/mol. The number of anilines is 1. The van der Waals surface area contributed by atoms with E-state index in [1.165, 1.54) is 5.56 Å². The molecule has 0 aromatic heterocycles. The zero-order chi connectivity index (χ0) is 17.9. The maximum absolute atomic E-state index is 12.3. The normalized spacial score (nSPS) is 20.1. The van der Waals surface area contributed by atoms with Gasteiger partial charge in [-0.05, 0) is 45.0 Å². The van der Waals surface area contributed by atoms with Crippen LogP contribution in [0.2, 0.25) is 0 Å². The Labute approximate surface area is 149 Å². The third kappa shape index (κ3) is 4.31. The van der Waals surface area contributed by atoms with Gasteiger partial charge in [0, 0.05) is 37.3 Å². The Morgan fingerprint density at radius 2 is 1.96 bits per heavy atom. The molecule has 1 fully saturated rings. The molecule has 1 aromatic carbocycles. The van der Waals surface area contributed by atoms with Crippen molar-refractivity contribution in [3.63, 3.8) is 0 Å². The molecule has 25 heavy (non-hydrogen) atoms. The molecule has 2 amide bonds. The van der Waals surface area contributed by atoms with Gasteiger partial charge in [-0.15, -0.1) is 0 Å². The number of hydrogen-bond donors (Lipinski definition) is 2. The zero-order valence-corrected chi connectivity index (χ0v) is 15.2. The minimum absolute atomic E-state index is 0.0911. The lowest BCUT2D eigenvalue weighted by atomic mass is 9.83. The van der Waals surface area contributed by atoms with E-state index in [9.17, 15) is 9.59 Å². The fourth-order valence-electron chi connectivity index (χ4n) is 3.75. The molecule has 2 heterocycles. The number of nitrogens with one attached hydrogen (secondary N) is 2. The maximum Gasteiger partial charge on any atom is 0.236 e. The van der Waals surface area contributed by atoms with E-state index in [1.54, 1.807) is 0 Å². The number of carbonyl (C=O) groups excluding carboxylic acids is 2. The van der Waals surface area contributed by atoms with Gasteiger partial charge in [0.25, 0.3) is 0 Å². The molecule has 0 saturated carbocycles. The number of para-hydroxylation sites is 1. The van der Waals surface area contributed by atoms with Crippen molar-refractivity contribution in [2.75, 3.05) is 45.6 Å². The van der Waals surface area contributed by atoms with Crippen molar-refractivity contribution < 1.29 is 9.59 Å². The van der Waals surface area contributed by atoms with E-state index in [-0.39, 0.29) is 17.4 Å². The second-order valence-corrected chi connectivity index (χ2v) is 7.46. The first-order chi connectivity index (χ1) is 12.0. The van der Waals surface area contributed by atoms with Crippen LogP contribution in [0.15, 0.2) is 24.3 Å². The lowest BCUT2D eigenvalue weighted by Crippen LogP contribution is -2.53. The van der Waals surface area contributed by atoms with Crippen LogP contribution in [0.3, 0.4) is 0 Å². The van der Waals surface area contributed by atoms with Crippen molar-refractivity contribution in [1.29, 1.82) is 0 Å². The van der Waals surface area contributed by atoms with E-state index in [0.29, 0.717) is 32.6 Å². The molecule has 0 radical (unpaired) electrons. The molecular formula is C19H28N4O2. The largest absolute Gasteiger partial charge is 0.379 e. The molecule has 136 valence electrons. The van der Waals surface area contributed by atoms with E-state index < -0.39 is 0 Å². The van der Waals surface area contributed by atoms with E-state index in [4.69, 9.17) is 0 Å². The van der Waals surface area contributed by atoms with E-state index in [0.717, 1.165) is 24.9 Å². The predicted molar refractivity (Wildman–Crippen MR) is 98.5 cm³/mol. The van der Waals surface area contributed by atoms with Crippen molar-refractivity contribution in [2.45, 2.75) is 31.2 Å². The Morgan fingerprint density at radius 1 is 1.24 bits per heavy atom. The van der Waals surface area contributed by atoms with E-state index >= 15 is 0 Å². The molecule has 0 atom stereocenters. The molecule has 2 N–H and O–H groups in total. The van der Waals surface area contributed by atoms with Gasteiger partial charge in [-0.25, -0.2) is 0 Å². The average Bonchev–Trinajstić information content (AvgIpc) is 2.62. The summed E-state index contributed by atoms with van der Waals surface area (Å²) in [5, 5.41) is 6.71. The van der Waals surface area contributed by atoms with Crippen molar-refractivity contribution in [2.24, 2.45) is 0 Å². The van der Waals surface area contributed by atoms with Gasteiger partial charge in [0.05, 0.1) is 6.54 Å². The lowest BCUT2D eigenvalue weighted by molar-refractivity contribution is -0.133. The molecule has 2 aliphatic rings. The van der Waals surface area contributed by atoms with Crippen molar-refractivity contribution >= 4 is 17.5 Å². The van der Waals surface area contributed by atoms with Crippen LogP contribution in [0.4, 0.5) is 5.69 Å². The third-order valence-corrected chi connectivity index (χ3v) is 5.16. The number of carbonyl (C=O) groups is 2. The van der Waals surface area contributed by atoms with Crippen LogP contribution in [-0.2, 0) is 16.0 Å². The standard InChI is InChI=1S/C19H28N4O2/c1-22(2)14-18(25)23-11-8-19(9-12-23)13-17(24)20-10-7-15-5-3-4-6-16(15)21-19/h3-6,21H,7-14H2,1-2H3,(H,20,24). The third-order valence-electron chi connectivity index (χ3n) is 5.16. The molecule has 0 bridgehead atoms. The van der Waals surface area contributed by atoms with Crippen molar-refractivity contribution in [3.05, 3.63) is 29.8 Å². The number of likely N-dealkylation sites (tertiary alicyclic amines) is 1. The minimum Gasteiger partial charge on any atom is -0.379 e. The first kappa shape index (κ1) is 17.7. The van der Waals surface area contributed by atoms with Crippen LogP contribution >= 0.6 is 0 Å². The highest BCUT2D eigenvalue weighted by Gasteiger charge is 2.38. The number of benzene rings is 1. The Hall–Kier alpha value is -2.08. The van der Waals surface area contributed by atoms with E-state index in [2.05, 4.69) is 22.8 Å².